The van der Waals surface area contributed by atoms with Gasteiger partial charge in [0.25, 0.3) is 0 Å². The highest BCUT2D eigenvalue weighted by Gasteiger charge is 2.13. The van der Waals surface area contributed by atoms with Gasteiger partial charge in [0.15, 0.2) is 0 Å². The molecule has 0 aliphatic rings. The van der Waals surface area contributed by atoms with E-state index in [0.29, 0.717) is 6.61 Å². The zero-order valence-electron chi connectivity index (χ0n) is 9.88. The highest BCUT2D eigenvalue weighted by molar-refractivity contribution is 5.09. The minimum absolute atomic E-state index is 0.176. The van der Waals surface area contributed by atoms with Crippen LogP contribution in [0.5, 0.6) is 0 Å². The summed E-state index contributed by atoms with van der Waals surface area (Å²) in [4.78, 5) is 0. The zero-order chi connectivity index (χ0) is 11.1. The molecule has 0 fully saturated rings. The predicted octanol–water partition coefficient (Wildman–Crippen LogP) is 2.67. The van der Waals surface area contributed by atoms with Crippen LogP contribution in [0.15, 0.2) is 16.5 Å². The fourth-order valence-corrected chi connectivity index (χ4v) is 1.47. The molecule has 1 N–H and O–H groups in total. The zero-order valence-corrected chi connectivity index (χ0v) is 9.88. The van der Waals surface area contributed by atoms with E-state index in [9.17, 15) is 0 Å². The molecule has 0 aliphatic carbocycles. The Morgan fingerprint density at radius 1 is 1.40 bits per heavy atom. The van der Waals surface area contributed by atoms with E-state index < -0.39 is 0 Å². The summed E-state index contributed by atoms with van der Waals surface area (Å²) >= 11 is 0. The molecule has 86 valence electrons. The highest BCUT2D eigenvalue weighted by atomic mass is 16.5. The fraction of sp³-hybridized carbons (Fsp3) is 0.667. The quantitative estimate of drug-likeness (QED) is 0.704. The second-order valence-electron chi connectivity index (χ2n) is 3.63. The molecular formula is C12H21NO2. The smallest absolute Gasteiger partial charge is 0.123 e. The third kappa shape index (κ3) is 4.06. The lowest BCUT2D eigenvalue weighted by molar-refractivity contribution is 0.106. The molecule has 1 unspecified atom stereocenters. The summed E-state index contributed by atoms with van der Waals surface area (Å²) < 4.78 is 11.1. The van der Waals surface area contributed by atoms with Crippen LogP contribution in [0, 0.1) is 6.92 Å². The largest absolute Gasteiger partial charge is 0.465 e. The van der Waals surface area contributed by atoms with Gasteiger partial charge in [-0.05, 0) is 32.0 Å². The van der Waals surface area contributed by atoms with Crippen molar-refractivity contribution in [3.05, 3.63) is 23.7 Å². The number of hydrogen-bond donors (Lipinski definition) is 1. The van der Waals surface area contributed by atoms with E-state index in [2.05, 4.69) is 19.2 Å². The molecule has 1 rings (SSSR count). The average molecular weight is 211 g/mol. The third-order valence-electron chi connectivity index (χ3n) is 2.19. The van der Waals surface area contributed by atoms with Crippen molar-refractivity contribution in [3.8, 4) is 0 Å². The molecule has 0 aliphatic heterocycles. The Bertz CT molecular complexity index is 270. The number of nitrogens with one attached hydrogen (secondary N) is 1. The summed E-state index contributed by atoms with van der Waals surface area (Å²) in [5.41, 5.74) is 0. The van der Waals surface area contributed by atoms with Crippen LogP contribution in [0.4, 0.5) is 0 Å². The maximum atomic E-state index is 5.59. The lowest BCUT2D eigenvalue weighted by Crippen LogP contribution is -2.25. The number of furan rings is 1. The van der Waals surface area contributed by atoms with E-state index in [-0.39, 0.29) is 6.04 Å². The van der Waals surface area contributed by atoms with Crippen molar-refractivity contribution in [2.75, 3.05) is 19.8 Å². The van der Waals surface area contributed by atoms with Crippen LogP contribution in [0.2, 0.25) is 0 Å². The summed E-state index contributed by atoms with van der Waals surface area (Å²) in [6.45, 7) is 8.55. The fourth-order valence-electron chi connectivity index (χ4n) is 1.47. The Morgan fingerprint density at radius 3 is 2.73 bits per heavy atom. The molecule has 0 amide bonds. The molecule has 3 heteroatoms. The Labute approximate surface area is 91.8 Å². The molecule has 0 spiro atoms. The Balaban J connectivity index is 2.49. The summed E-state index contributed by atoms with van der Waals surface area (Å²) in [5, 5.41) is 3.35. The summed E-state index contributed by atoms with van der Waals surface area (Å²) in [7, 11) is 0. The first kappa shape index (κ1) is 12.3. The van der Waals surface area contributed by atoms with Gasteiger partial charge in [-0.25, -0.2) is 0 Å². The van der Waals surface area contributed by atoms with Gasteiger partial charge in [0.2, 0.25) is 0 Å². The number of likely N-dealkylation sites (N-methyl/N-ethyl adjacent to an activating group) is 1. The van der Waals surface area contributed by atoms with E-state index in [1.54, 1.807) is 0 Å². The minimum atomic E-state index is 0.176. The Morgan fingerprint density at radius 2 is 2.20 bits per heavy atom. The standard InChI is InChI=1S/C12H21NO2/c1-4-8-14-9-11(13-5-2)12-7-6-10(3)15-12/h6-7,11,13H,4-5,8-9H2,1-3H3. The van der Waals surface area contributed by atoms with Crippen LogP contribution < -0.4 is 5.32 Å². The maximum absolute atomic E-state index is 5.59. The lowest BCUT2D eigenvalue weighted by atomic mass is 10.2. The van der Waals surface area contributed by atoms with Crippen LogP contribution in [-0.4, -0.2) is 19.8 Å². The van der Waals surface area contributed by atoms with Crippen LogP contribution in [0.3, 0.4) is 0 Å². The van der Waals surface area contributed by atoms with Crippen molar-refractivity contribution in [2.24, 2.45) is 0 Å². The van der Waals surface area contributed by atoms with Gasteiger partial charge in [-0.1, -0.05) is 13.8 Å². The third-order valence-corrected chi connectivity index (χ3v) is 2.19. The van der Waals surface area contributed by atoms with Gasteiger partial charge in [-0.15, -0.1) is 0 Å². The molecule has 1 atom stereocenters. The van der Waals surface area contributed by atoms with Crippen molar-refractivity contribution in [1.82, 2.24) is 5.32 Å². The van der Waals surface area contributed by atoms with Crippen LogP contribution in [0.25, 0.3) is 0 Å². The maximum Gasteiger partial charge on any atom is 0.123 e. The van der Waals surface area contributed by atoms with Gasteiger partial charge in [-0.2, -0.15) is 0 Å². The van der Waals surface area contributed by atoms with Crippen LogP contribution in [-0.2, 0) is 4.74 Å². The van der Waals surface area contributed by atoms with Gasteiger partial charge in [0.1, 0.15) is 11.5 Å². The first-order chi connectivity index (χ1) is 7.27. The molecule has 0 aromatic carbocycles. The Kier molecular flexibility index (Phi) is 5.43. The second-order valence-corrected chi connectivity index (χ2v) is 3.63. The van der Waals surface area contributed by atoms with Gasteiger partial charge < -0.3 is 14.5 Å². The first-order valence-corrected chi connectivity index (χ1v) is 5.65. The van der Waals surface area contributed by atoms with E-state index in [1.165, 1.54) is 0 Å². The topological polar surface area (TPSA) is 34.4 Å². The molecule has 1 aromatic rings. The minimum Gasteiger partial charge on any atom is -0.465 e. The number of aryl methyl sites for hydroxylation is 1. The van der Waals surface area contributed by atoms with Crippen LogP contribution >= 0.6 is 0 Å². The molecule has 15 heavy (non-hydrogen) atoms. The second kappa shape index (κ2) is 6.64. The van der Waals surface area contributed by atoms with Gasteiger partial charge in [-0.3, -0.25) is 0 Å². The normalized spacial score (nSPS) is 13.0. The lowest BCUT2D eigenvalue weighted by Gasteiger charge is -2.15. The van der Waals surface area contributed by atoms with Crippen molar-refractivity contribution < 1.29 is 9.15 Å². The Hall–Kier alpha value is -0.800. The SMILES string of the molecule is CCCOCC(NCC)c1ccc(C)o1. The van der Waals surface area contributed by atoms with Crippen molar-refractivity contribution in [1.29, 1.82) is 0 Å². The van der Waals surface area contributed by atoms with E-state index in [1.807, 2.05) is 19.1 Å². The van der Waals surface area contributed by atoms with Gasteiger partial charge in [0, 0.05) is 6.61 Å². The van der Waals surface area contributed by atoms with Gasteiger partial charge >= 0.3 is 0 Å². The monoisotopic (exact) mass is 211 g/mol. The van der Waals surface area contributed by atoms with E-state index >= 15 is 0 Å². The average Bonchev–Trinajstić information content (AvgIpc) is 2.64. The van der Waals surface area contributed by atoms with Crippen molar-refractivity contribution >= 4 is 0 Å². The molecular weight excluding hydrogens is 190 g/mol. The summed E-state index contributed by atoms with van der Waals surface area (Å²) in [6, 6.07) is 4.17. The van der Waals surface area contributed by atoms with E-state index in [4.69, 9.17) is 9.15 Å². The molecule has 0 radical (unpaired) electrons. The van der Waals surface area contributed by atoms with Crippen LogP contribution in [0.1, 0.15) is 37.8 Å². The van der Waals surface area contributed by atoms with Crippen molar-refractivity contribution in [2.45, 2.75) is 33.2 Å². The van der Waals surface area contributed by atoms with E-state index in [0.717, 1.165) is 31.1 Å². The predicted molar refractivity (Wildman–Crippen MR) is 61.0 cm³/mol. The van der Waals surface area contributed by atoms with Gasteiger partial charge in [0.05, 0.1) is 12.6 Å². The number of ether oxygens (including phenoxy) is 1. The molecule has 0 bridgehead atoms. The van der Waals surface area contributed by atoms with Crippen molar-refractivity contribution in [3.63, 3.8) is 0 Å². The molecule has 3 nitrogen and oxygen atoms in total. The molecule has 0 saturated heterocycles. The first-order valence-electron chi connectivity index (χ1n) is 5.65. The highest BCUT2D eigenvalue weighted by Crippen LogP contribution is 2.16. The molecule has 1 heterocycles. The summed E-state index contributed by atoms with van der Waals surface area (Å²) in [5.74, 6) is 1.91. The number of rotatable bonds is 7. The summed E-state index contributed by atoms with van der Waals surface area (Å²) in [6.07, 6.45) is 1.05. The number of hydrogen-bond acceptors (Lipinski definition) is 3. The molecule has 0 saturated carbocycles. The molecule has 1 aromatic heterocycles.